The van der Waals surface area contributed by atoms with E-state index in [1.54, 1.807) is 31.2 Å². The van der Waals surface area contributed by atoms with Gasteiger partial charge in [0.05, 0.1) is 24.3 Å². The summed E-state index contributed by atoms with van der Waals surface area (Å²) in [4.78, 5) is 38.7. The van der Waals surface area contributed by atoms with Crippen LogP contribution >= 0.6 is 11.6 Å². The standard InChI is InChI=1S/C20H19ClN4O4/c1-2-29-19(28)20(10-22)14-8-5-12(17(23)26)9-25(14)16(18(24)27)15(20)11-3-6-13(21)7-4-11/h3-9,14-16H,2H2,1H3,(H2,23,26)(H2,24,27)/t14-,15+,16-,20-/m0/s1. The number of rotatable bonds is 5. The van der Waals surface area contributed by atoms with Crippen LogP contribution in [0.3, 0.4) is 0 Å². The highest BCUT2D eigenvalue weighted by Crippen LogP contribution is 2.53. The number of fused-ring (bicyclic) bond motifs is 1. The van der Waals surface area contributed by atoms with E-state index >= 15 is 0 Å². The van der Waals surface area contributed by atoms with Crippen molar-refractivity contribution in [2.45, 2.75) is 24.9 Å². The summed E-state index contributed by atoms with van der Waals surface area (Å²) in [7, 11) is 0. The molecular formula is C20H19ClN4O4. The summed E-state index contributed by atoms with van der Waals surface area (Å²) in [6.45, 7) is 1.68. The number of esters is 1. The van der Waals surface area contributed by atoms with Crippen molar-refractivity contribution in [1.82, 2.24) is 4.90 Å². The third-order valence-electron chi connectivity index (χ3n) is 5.26. The van der Waals surface area contributed by atoms with Crippen molar-refractivity contribution in [3.8, 4) is 6.07 Å². The van der Waals surface area contributed by atoms with Gasteiger partial charge in [-0.25, -0.2) is 0 Å². The number of hydrogen-bond donors (Lipinski definition) is 2. The molecule has 9 heteroatoms. The quantitative estimate of drug-likeness (QED) is 0.688. The molecule has 0 unspecified atom stereocenters. The van der Waals surface area contributed by atoms with Crippen LogP contribution in [-0.2, 0) is 19.1 Å². The maximum Gasteiger partial charge on any atom is 0.329 e. The van der Waals surface area contributed by atoms with Crippen molar-refractivity contribution < 1.29 is 19.1 Å². The van der Waals surface area contributed by atoms with Gasteiger partial charge in [-0.05, 0) is 30.7 Å². The molecule has 1 saturated heterocycles. The van der Waals surface area contributed by atoms with E-state index in [1.807, 2.05) is 0 Å². The Bertz CT molecular complexity index is 966. The van der Waals surface area contributed by atoms with Crippen molar-refractivity contribution in [2.75, 3.05) is 6.61 Å². The van der Waals surface area contributed by atoms with Gasteiger partial charge in [0.1, 0.15) is 6.04 Å². The molecule has 2 heterocycles. The normalized spacial score (nSPS) is 27.6. The van der Waals surface area contributed by atoms with Crippen molar-refractivity contribution in [3.63, 3.8) is 0 Å². The topological polar surface area (TPSA) is 140 Å². The number of nitrogens with zero attached hydrogens (tertiary/aromatic N) is 2. The first-order chi connectivity index (χ1) is 13.8. The lowest BCUT2D eigenvalue weighted by Gasteiger charge is -2.32. The fourth-order valence-corrected chi connectivity index (χ4v) is 4.20. The van der Waals surface area contributed by atoms with E-state index in [2.05, 4.69) is 6.07 Å². The number of carbonyl (C=O) groups is 3. The van der Waals surface area contributed by atoms with Gasteiger partial charge < -0.3 is 21.1 Å². The van der Waals surface area contributed by atoms with Gasteiger partial charge in [0.2, 0.25) is 11.8 Å². The molecule has 0 aliphatic carbocycles. The summed E-state index contributed by atoms with van der Waals surface area (Å²) < 4.78 is 5.23. The van der Waals surface area contributed by atoms with Gasteiger partial charge in [0.15, 0.2) is 5.41 Å². The first kappa shape index (κ1) is 20.4. The smallest absolute Gasteiger partial charge is 0.329 e. The zero-order chi connectivity index (χ0) is 21.3. The second kappa shape index (κ2) is 7.60. The van der Waals surface area contributed by atoms with Gasteiger partial charge in [-0.15, -0.1) is 0 Å². The summed E-state index contributed by atoms with van der Waals surface area (Å²) in [5.74, 6) is -3.20. The number of nitriles is 1. The molecule has 29 heavy (non-hydrogen) atoms. The van der Waals surface area contributed by atoms with E-state index in [-0.39, 0.29) is 12.2 Å². The molecule has 0 radical (unpaired) electrons. The molecule has 1 fully saturated rings. The molecule has 2 aliphatic heterocycles. The molecule has 2 aliphatic rings. The van der Waals surface area contributed by atoms with Crippen LogP contribution in [0.25, 0.3) is 0 Å². The zero-order valence-electron chi connectivity index (χ0n) is 15.5. The summed E-state index contributed by atoms with van der Waals surface area (Å²) >= 11 is 5.98. The largest absolute Gasteiger partial charge is 0.465 e. The van der Waals surface area contributed by atoms with Crippen molar-refractivity contribution >= 4 is 29.4 Å². The average molecular weight is 415 g/mol. The predicted molar refractivity (Wildman–Crippen MR) is 104 cm³/mol. The van der Waals surface area contributed by atoms with Crippen molar-refractivity contribution in [3.05, 3.63) is 58.8 Å². The predicted octanol–water partition coefficient (Wildman–Crippen LogP) is 0.974. The van der Waals surface area contributed by atoms with Crippen LogP contribution in [0.5, 0.6) is 0 Å². The molecule has 0 spiro atoms. The fourth-order valence-electron chi connectivity index (χ4n) is 4.08. The molecule has 3 rings (SSSR count). The molecule has 1 aromatic rings. The first-order valence-electron chi connectivity index (χ1n) is 8.88. The van der Waals surface area contributed by atoms with E-state index in [4.69, 9.17) is 27.8 Å². The molecule has 2 amide bonds. The molecule has 150 valence electrons. The van der Waals surface area contributed by atoms with Gasteiger partial charge >= 0.3 is 5.97 Å². The van der Waals surface area contributed by atoms with Gasteiger partial charge in [0.25, 0.3) is 0 Å². The summed E-state index contributed by atoms with van der Waals surface area (Å²) in [6, 6.07) is 6.59. The lowest BCUT2D eigenvalue weighted by Crippen LogP contribution is -2.45. The Labute approximate surface area is 172 Å². The third-order valence-corrected chi connectivity index (χ3v) is 5.52. The van der Waals surface area contributed by atoms with Crippen LogP contribution in [0, 0.1) is 16.7 Å². The van der Waals surface area contributed by atoms with Crippen LogP contribution in [-0.4, -0.2) is 41.4 Å². The minimum Gasteiger partial charge on any atom is -0.465 e. The van der Waals surface area contributed by atoms with E-state index < -0.39 is 41.2 Å². The molecule has 0 saturated carbocycles. The minimum atomic E-state index is -1.78. The highest BCUT2D eigenvalue weighted by molar-refractivity contribution is 6.30. The first-order valence-corrected chi connectivity index (χ1v) is 9.26. The van der Waals surface area contributed by atoms with Crippen LogP contribution in [0.2, 0.25) is 5.02 Å². The number of amides is 2. The zero-order valence-corrected chi connectivity index (χ0v) is 16.3. The van der Waals surface area contributed by atoms with Gasteiger partial charge in [-0.2, -0.15) is 5.26 Å². The lowest BCUT2D eigenvalue weighted by atomic mass is 9.68. The van der Waals surface area contributed by atoms with E-state index in [0.29, 0.717) is 10.6 Å². The number of benzene rings is 1. The Balaban J connectivity index is 2.28. The van der Waals surface area contributed by atoms with Gasteiger partial charge in [-0.1, -0.05) is 29.8 Å². The summed E-state index contributed by atoms with van der Waals surface area (Å²) in [5.41, 5.74) is 9.93. The molecule has 0 bridgehead atoms. The Morgan fingerprint density at radius 3 is 2.45 bits per heavy atom. The number of carbonyl (C=O) groups excluding carboxylic acids is 3. The highest BCUT2D eigenvalue weighted by Gasteiger charge is 2.66. The van der Waals surface area contributed by atoms with Crippen molar-refractivity contribution in [1.29, 1.82) is 5.26 Å². The second-order valence-electron chi connectivity index (χ2n) is 6.78. The summed E-state index contributed by atoms with van der Waals surface area (Å²) in [5, 5.41) is 10.7. The molecule has 4 atom stereocenters. The molecule has 8 nitrogen and oxygen atoms in total. The van der Waals surface area contributed by atoms with Crippen molar-refractivity contribution in [2.24, 2.45) is 16.9 Å². The Hall–Kier alpha value is -3.31. The van der Waals surface area contributed by atoms with E-state index in [9.17, 15) is 19.6 Å². The maximum atomic E-state index is 13.1. The van der Waals surface area contributed by atoms with Crippen LogP contribution < -0.4 is 11.5 Å². The fraction of sp³-hybridized carbons (Fsp3) is 0.300. The van der Waals surface area contributed by atoms with Gasteiger partial charge in [-0.3, -0.25) is 14.4 Å². The Morgan fingerprint density at radius 2 is 1.93 bits per heavy atom. The molecule has 0 aromatic heterocycles. The van der Waals surface area contributed by atoms with Crippen LogP contribution in [0.15, 0.2) is 48.2 Å². The minimum absolute atomic E-state index is 0.0512. The number of nitrogens with two attached hydrogens (primary N) is 2. The molecule has 4 N–H and O–H groups in total. The average Bonchev–Trinajstić information content (AvgIpc) is 2.99. The Morgan fingerprint density at radius 1 is 1.28 bits per heavy atom. The van der Waals surface area contributed by atoms with Crippen LogP contribution in [0.1, 0.15) is 18.4 Å². The molecule has 1 aromatic carbocycles. The Kier molecular flexibility index (Phi) is 5.36. The SMILES string of the molecule is CCOC(=O)[C@]1(C#N)[C@H](c2ccc(Cl)cc2)[C@@H](C(N)=O)N2C=C(C(N)=O)C=C[C@H]21. The van der Waals surface area contributed by atoms with Gasteiger partial charge in [0, 0.05) is 17.1 Å². The number of ether oxygens (including phenoxy) is 1. The van der Waals surface area contributed by atoms with E-state index in [1.165, 1.54) is 23.3 Å². The molecular weight excluding hydrogens is 396 g/mol. The lowest BCUT2D eigenvalue weighted by molar-refractivity contribution is -0.153. The van der Waals surface area contributed by atoms with Crippen LogP contribution in [0.4, 0.5) is 0 Å². The number of hydrogen-bond acceptors (Lipinski definition) is 6. The highest BCUT2D eigenvalue weighted by atomic mass is 35.5. The van der Waals surface area contributed by atoms with E-state index in [0.717, 1.165) is 0 Å². The number of halogens is 1. The number of primary amides is 2. The second-order valence-corrected chi connectivity index (χ2v) is 7.21. The monoisotopic (exact) mass is 414 g/mol. The maximum absolute atomic E-state index is 13.1. The third kappa shape index (κ3) is 3.13. The summed E-state index contributed by atoms with van der Waals surface area (Å²) in [6.07, 6.45) is 4.30.